The van der Waals surface area contributed by atoms with E-state index in [9.17, 15) is 14.7 Å². The van der Waals surface area contributed by atoms with Crippen LogP contribution in [0.4, 0.5) is 0 Å². The topological polar surface area (TPSA) is 78.9 Å². The van der Waals surface area contributed by atoms with Crippen molar-refractivity contribution in [1.29, 1.82) is 0 Å². The lowest BCUT2D eigenvalue weighted by Gasteiger charge is -2.17. The molecule has 2 N–H and O–H groups in total. The monoisotopic (exact) mass is 280 g/mol. The Kier molecular flexibility index (Phi) is 6.52. The highest BCUT2D eigenvalue weighted by Crippen LogP contribution is 2.16. The molecule has 1 aromatic rings. The predicted molar refractivity (Wildman–Crippen MR) is 74.6 cm³/mol. The number of methoxy groups -OCH3 is 1. The van der Waals surface area contributed by atoms with Crippen LogP contribution in [0.15, 0.2) is 24.3 Å². The summed E-state index contributed by atoms with van der Waals surface area (Å²) in [6, 6.07) is 6.25. The molecule has 1 rings (SSSR count). The summed E-state index contributed by atoms with van der Waals surface area (Å²) >= 11 is 0. The molecule has 0 aliphatic heterocycles. The Morgan fingerprint density at radius 2 is 2.05 bits per heavy atom. The molecule has 1 aromatic carbocycles. The van der Waals surface area contributed by atoms with Crippen molar-refractivity contribution < 1.29 is 19.4 Å². The van der Waals surface area contributed by atoms with Gasteiger partial charge in [0.15, 0.2) is 0 Å². The summed E-state index contributed by atoms with van der Waals surface area (Å²) in [5.41, 5.74) is 0.183. The predicted octanol–water partition coefficient (Wildman–Crippen LogP) is 0.617. The normalized spacial score (nSPS) is 10.1. The van der Waals surface area contributed by atoms with Gasteiger partial charge >= 0.3 is 0 Å². The number of benzene rings is 1. The van der Waals surface area contributed by atoms with Crippen LogP contribution < -0.4 is 5.32 Å². The van der Waals surface area contributed by atoms with Crippen LogP contribution in [0.2, 0.25) is 0 Å². The molecule has 2 amide bonds. The quantitative estimate of drug-likeness (QED) is 0.718. The maximum Gasteiger partial charge on any atom is 0.257 e. The van der Waals surface area contributed by atoms with Crippen molar-refractivity contribution in [2.24, 2.45) is 0 Å². The summed E-state index contributed by atoms with van der Waals surface area (Å²) in [5, 5.41) is 12.3. The Morgan fingerprint density at radius 3 is 2.70 bits per heavy atom. The molecule has 0 heterocycles. The number of nitrogens with one attached hydrogen (secondary N) is 1. The van der Waals surface area contributed by atoms with Crippen molar-refractivity contribution in [3.05, 3.63) is 29.8 Å². The van der Waals surface area contributed by atoms with Crippen molar-refractivity contribution in [3.63, 3.8) is 0 Å². The second kappa shape index (κ2) is 8.16. The molecule has 6 heteroatoms. The molecule has 0 aliphatic carbocycles. The van der Waals surface area contributed by atoms with E-state index in [4.69, 9.17) is 4.74 Å². The fourth-order valence-corrected chi connectivity index (χ4v) is 1.65. The number of hydrogen-bond acceptors (Lipinski definition) is 4. The largest absolute Gasteiger partial charge is 0.507 e. The van der Waals surface area contributed by atoms with E-state index < -0.39 is 5.91 Å². The summed E-state index contributed by atoms with van der Waals surface area (Å²) in [6.45, 7) is 1.03. The minimum Gasteiger partial charge on any atom is -0.507 e. The number of aromatic hydroxyl groups is 1. The summed E-state index contributed by atoms with van der Waals surface area (Å²) in [4.78, 5) is 24.9. The van der Waals surface area contributed by atoms with Gasteiger partial charge < -0.3 is 20.1 Å². The van der Waals surface area contributed by atoms with Gasteiger partial charge in [0.1, 0.15) is 5.75 Å². The van der Waals surface area contributed by atoms with Gasteiger partial charge in [-0.25, -0.2) is 0 Å². The number of phenols is 1. The lowest BCUT2D eigenvalue weighted by molar-refractivity contribution is -0.121. The zero-order chi connectivity index (χ0) is 15.0. The van der Waals surface area contributed by atoms with Crippen LogP contribution in [0.3, 0.4) is 0 Å². The van der Waals surface area contributed by atoms with Gasteiger partial charge in [-0.1, -0.05) is 12.1 Å². The van der Waals surface area contributed by atoms with Gasteiger partial charge in [-0.05, 0) is 18.6 Å². The lowest BCUT2D eigenvalue weighted by Crippen LogP contribution is -2.38. The van der Waals surface area contributed by atoms with E-state index in [0.29, 0.717) is 13.2 Å². The van der Waals surface area contributed by atoms with Crippen LogP contribution in [0.25, 0.3) is 0 Å². The first kappa shape index (κ1) is 16.0. The number of likely N-dealkylation sites (N-methyl/N-ethyl adjacent to an activating group) is 1. The van der Waals surface area contributed by atoms with E-state index in [0.717, 1.165) is 6.42 Å². The maximum absolute atomic E-state index is 12.0. The van der Waals surface area contributed by atoms with Crippen molar-refractivity contribution in [3.8, 4) is 5.75 Å². The fraction of sp³-hybridized carbons (Fsp3) is 0.429. The fourth-order valence-electron chi connectivity index (χ4n) is 1.65. The summed E-state index contributed by atoms with van der Waals surface area (Å²) in [6.07, 6.45) is 0.722. The second-order valence-electron chi connectivity index (χ2n) is 4.37. The SMILES string of the molecule is COCCCNC(=O)CN(C)C(=O)c1ccccc1O. The third kappa shape index (κ3) is 4.89. The van der Waals surface area contributed by atoms with E-state index in [1.54, 1.807) is 19.2 Å². The van der Waals surface area contributed by atoms with Gasteiger partial charge in [0.25, 0.3) is 5.91 Å². The van der Waals surface area contributed by atoms with E-state index in [2.05, 4.69) is 5.32 Å². The van der Waals surface area contributed by atoms with Gasteiger partial charge in [-0.2, -0.15) is 0 Å². The van der Waals surface area contributed by atoms with Gasteiger partial charge in [0, 0.05) is 27.3 Å². The maximum atomic E-state index is 12.0. The van der Waals surface area contributed by atoms with Crippen LogP contribution >= 0.6 is 0 Å². The minimum atomic E-state index is -0.393. The molecule has 0 fully saturated rings. The number of para-hydroxylation sites is 1. The molecule has 110 valence electrons. The molecule has 20 heavy (non-hydrogen) atoms. The van der Waals surface area contributed by atoms with Crippen molar-refractivity contribution in [1.82, 2.24) is 10.2 Å². The molecule has 0 saturated heterocycles. The number of rotatable bonds is 7. The average Bonchev–Trinajstić information content (AvgIpc) is 2.43. The van der Waals surface area contributed by atoms with Crippen LogP contribution in [0.5, 0.6) is 5.75 Å². The first-order chi connectivity index (χ1) is 9.56. The molecular formula is C14H20N2O4. The Morgan fingerprint density at radius 1 is 1.35 bits per heavy atom. The number of phenolic OH excluding ortho intramolecular Hbond substituents is 1. The molecule has 0 aromatic heterocycles. The van der Waals surface area contributed by atoms with E-state index in [-0.39, 0.29) is 23.8 Å². The van der Waals surface area contributed by atoms with Crippen LogP contribution in [0, 0.1) is 0 Å². The molecule has 0 radical (unpaired) electrons. The van der Waals surface area contributed by atoms with Gasteiger partial charge in [0.2, 0.25) is 5.91 Å². The van der Waals surface area contributed by atoms with Crippen LogP contribution in [-0.4, -0.2) is 55.7 Å². The number of carbonyl (C=O) groups excluding carboxylic acids is 2. The highest BCUT2D eigenvalue weighted by molar-refractivity contribution is 5.98. The molecule has 0 aliphatic rings. The standard InChI is InChI=1S/C14H20N2O4/c1-16(10-13(18)15-8-5-9-20-2)14(19)11-6-3-4-7-12(11)17/h3-4,6-7,17H,5,8-10H2,1-2H3,(H,15,18). The van der Waals surface area contributed by atoms with Crippen molar-refractivity contribution in [2.45, 2.75) is 6.42 Å². The van der Waals surface area contributed by atoms with Crippen molar-refractivity contribution in [2.75, 3.05) is 33.9 Å². The number of nitrogens with zero attached hydrogens (tertiary/aromatic N) is 1. The second-order valence-corrected chi connectivity index (χ2v) is 4.37. The molecule has 0 unspecified atom stereocenters. The van der Waals surface area contributed by atoms with Gasteiger partial charge in [0.05, 0.1) is 12.1 Å². The van der Waals surface area contributed by atoms with E-state index in [1.807, 2.05) is 0 Å². The average molecular weight is 280 g/mol. The minimum absolute atomic E-state index is 0.0554. The first-order valence-corrected chi connectivity index (χ1v) is 6.35. The summed E-state index contributed by atoms with van der Waals surface area (Å²) in [5.74, 6) is -0.729. The molecule has 0 atom stereocenters. The molecule has 0 spiro atoms. The Labute approximate surface area is 118 Å². The summed E-state index contributed by atoms with van der Waals surface area (Å²) < 4.78 is 4.87. The van der Waals surface area contributed by atoms with Crippen molar-refractivity contribution >= 4 is 11.8 Å². The summed E-state index contributed by atoms with van der Waals surface area (Å²) in [7, 11) is 3.12. The van der Waals surface area contributed by atoms with Crippen LogP contribution in [0.1, 0.15) is 16.8 Å². The molecular weight excluding hydrogens is 260 g/mol. The first-order valence-electron chi connectivity index (χ1n) is 6.35. The number of hydrogen-bond donors (Lipinski definition) is 2. The van der Waals surface area contributed by atoms with E-state index >= 15 is 0 Å². The Balaban J connectivity index is 2.46. The third-order valence-corrected chi connectivity index (χ3v) is 2.71. The third-order valence-electron chi connectivity index (χ3n) is 2.71. The molecule has 0 saturated carbocycles. The smallest absolute Gasteiger partial charge is 0.257 e. The van der Waals surface area contributed by atoms with Gasteiger partial charge in [-0.3, -0.25) is 9.59 Å². The zero-order valence-electron chi connectivity index (χ0n) is 11.8. The van der Waals surface area contributed by atoms with Crippen LogP contribution in [-0.2, 0) is 9.53 Å². The Hall–Kier alpha value is -2.08. The number of ether oxygens (including phenoxy) is 1. The zero-order valence-corrected chi connectivity index (χ0v) is 11.8. The van der Waals surface area contributed by atoms with E-state index in [1.165, 1.54) is 24.1 Å². The van der Waals surface area contributed by atoms with Gasteiger partial charge in [-0.15, -0.1) is 0 Å². The number of amides is 2. The molecule has 0 bridgehead atoms. The highest BCUT2D eigenvalue weighted by atomic mass is 16.5. The molecule has 6 nitrogen and oxygen atoms in total. The highest BCUT2D eigenvalue weighted by Gasteiger charge is 2.17. The lowest BCUT2D eigenvalue weighted by atomic mass is 10.2. The Bertz CT molecular complexity index is 462. The number of carbonyl (C=O) groups is 2.